The van der Waals surface area contributed by atoms with Gasteiger partial charge < -0.3 is 14.8 Å². The van der Waals surface area contributed by atoms with Crippen LogP contribution in [0, 0.1) is 6.92 Å². The number of methoxy groups -OCH3 is 2. The van der Waals surface area contributed by atoms with Crippen LogP contribution in [0.1, 0.15) is 23.6 Å². The van der Waals surface area contributed by atoms with E-state index in [1.165, 1.54) is 25.3 Å². The maximum atomic E-state index is 13.0. The van der Waals surface area contributed by atoms with E-state index in [0.717, 1.165) is 12.7 Å². The lowest BCUT2D eigenvalue weighted by Crippen LogP contribution is -2.28. The molecule has 0 spiro atoms. The van der Waals surface area contributed by atoms with E-state index in [2.05, 4.69) is 21.4 Å². The molecule has 0 saturated carbocycles. The number of hydrogen-bond donors (Lipinski definition) is 2. The van der Waals surface area contributed by atoms with Crippen molar-refractivity contribution in [1.29, 1.82) is 0 Å². The smallest absolute Gasteiger partial charge is 0.354 e. The van der Waals surface area contributed by atoms with Crippen molar-refractivity contribution < 1.29 is 27.5 Å². The first-order chi connectivity index (χ1) is 15.1. The zero-order valence-corrected chi connectivity index (χ0v) is 19.2. The molecule has 0 aliphatic heterocycles. The predicted octanol–water partition coefficient (Wildman–Crippen LogP) is 3.07. The number of rotatable bonds is 9. The largest absolute Gasteiger partial charge is 0.497 e. The van der Waals surface area contributed by atoms with Crippen LogP contribution in [0.15, 0.2) is 65.7 Å². The Morgan fingerprint density at radius 3 is 2.44 bits per heavy atom. The summed E-state index contributed by atoms with van der Waals surface area (Å²) in [7, 11) is -1.55. The van der Waals surface area contributed by atoms with Gasteiger partial charge in [0.1, 0.15) is 11.4 Å². The number of hydrogen-bond acceptors (Lipinski definition) is 6. The molecular formula is C23H26N2O6S. The molecule has 2 N–H and O–H groups in total. The molecular weight excluding hydrogens is 432 g/mol. The van der Waals surface area contributed by atoms with Gasteiger partial charge in [-0.1, -0.05) is 30.4 Å². The molecule has 0 radical (unpaired) electrons. The van der Waals surface area contributed by atoms with Crippen molar-refractivity contribution in [2.45, 2.75) is 25.2 Å². The Bertz CT molecular complexity index is 1170. The Morgan fingerprint density at radius 1 is 1.09 bits per heavy atom. The molecule has 32 heavy (non-hydrogen) atoms. The van der Waals surface area contributed by atoms with E-state index < -0.39 is 21.7 Å². The lowest BCUT2D eigenvalue weighted by Gasteiger charge is -2.16. The van der Waals surface area contributed by atoms with Gasteiger partial charge >= 0.3 is 5.97 Å². The fraction of sp³-hybridized carbons (Fsp3) is 0.217. The van der Waals surface area contributed by atoms with Gasteiger partial charge in [-0.05, 0) is 55.3 Å². The minimum atomic E-state index is -4.15. The van der Waals surface area contributed by atoms with Gasteiger partial charge in [0.05, 0.1) is 19.1 Å². The lowest BCUT2D eigenvalue weighted by atomic mass is 10.0. The van der Waals surface area contributed by atoms with Crippen molar-refractivity contribution in [3.8, 4) is 5.75 Å². The molecule has 0 unspecified atom stereocenters. The van der Waals surface area contributed by atoms with E-state index in [9.17, 15) is 18.0 Å². The van der Waals surface area contributed by atoms with E-state index in [1.807, 2.05) is 19.1 Å². The van der Waals surface area contributed by atoms with E-state index in [4.69, 9.17) is 4.74 Å². The maximum absolute atomic E-state index is 13.0. The Kier molecular flexibility index (Phi) is 8.20. The second kappa shape index (κ2) is 10.6. The Hall–Kier alpha value is -3.59. The number of esters is 1. The van der Waals surface area contributed by atoms with Crippen LogP contribution < -0.4 is 14.8 Å². The van der Waals surface area contributed by atoms with Gasteiger partial charge in [0, 0.05) is 12.1 Å². The fourth-order valence-corrected chi connectivity index (χ4v) is 4.23. The summed E-state index contributed by atoms with van der Waals surface area (Å²) in [6, 6.07) is 9.95. The van der Waals surface area contributed by atoms with Crippen molar-refractivity contribution in [2.24, 2.45) is 0 Å². The van der Waals surface area contributed by atoms with E-state index >= 15 is 0 Å². The zero-order chi connectivity index (χ0) is 23.9. The van der Waals surface area contributed by atoms with Gasteiger partial charge in [-0.2, -0.15) is 0 Å². The summed E-state index contributed by atoms with van der Waals surface area (Å²) in [5, 5.41) is 2.80. The molecule has 0 aromatic heterocycles. The number of aryl methyl sites for hydroxylation is 1. The summed E-state index contributed by atoms with van der Waals surface area (Å²) in [5.74, 6) is -0.735. The normalized spacial score (nSPS) is 11.1. The van der Waals surface area contributed by atoms with Crippen molar-refractivity contribution in [3.05, 3.63) is 77.5 Å². The third-order valence-electron chi connectivity index (χ3n) is 4.46. The number of amides is 1. The number of carbonyl (C=O) groups is 2. The lowest BCUT2D eigenvalue weighted by molar-refractivity contribution is -0.136. The average molecular weight is 459 g/mol. The standard InChI is InChI=1S/C23H26N2O6S/c1-6-7-22(26)24-20-10-8-15(2)12-17(20)13-18-14-19(30-4)9-11-21(18)32(28,29)25-16(3)23(27)31-5/h6-12,14,25H,3,13H2,1-2,4-5H3,(H,24,26). The topological polar surface area (TPSA) is 111 Å². The summed E-state index contributed by atoms with van der Waals surface area (Å²) < 4.78 is 37.9. The molecule has 8 nitrogen and oxygen atoms in total. The van der Waals surface area contributed by atoms with Crippen molar-refractivity contribution in [1.82, 2.24) is 4.72 Å². The van der Waals surface area contributed by atoms with E-state index in [1.54, 1.807) is 25.1 Å². The highest BCUT2D eigenvalue weighted by Crippen LogP contribution is 2.28. The number of nitrogens with one attached hydrogen (secondary N) is 2. The second-order valence-electron chi connectivity index (χ2n) is 6.88. The van der Waals surface area contributed by atoms with E-state index in [-0.39, 0.29) is 17.2 Å². The van der Waals surface area contributed by atoms with E-state index in [0.29, 0.717) is 22.6 Å². The van der Waals surface area contributed by atoms with Gasteiger partial charge in [0.15, 0.2) is 0 Å². The molecule has 1 amide bonds. The predicted molar refractivity (Wildman–Crippen MR) is 122 cm³/mol. The number of carbonyl (C=O) groups excluding carboxylic acids is 2. The van der Waals surface area contributed by atoms with Gasteiger partial charge in [0.25, 0.3) is 10.0 Å². The molecule has 0 saturated heterocycles. The molecule has 2 aromatic carbocycles. The SMILES string of the molecule is C=C(NS(=O)(=O)c1ccc(OC)cc1Cc1cc(C)ccc1NC(=O)C=CC)C(=O)OC. The van der Waals surface area contributed by atoms with Gasteiger partial charge in [0.2, 0.25) is 5.91 Å². The molecule has 0 bridgehead atoms. The van der Waals surface area contributed by atoms with Crippen LogP contribution in [-0.2, 0) is 30.8 Å². The number of ether oxygens (including phenoxy) is 2. The molecule has 2 rings (SSSR count). The molecule has 2 aromatic rings. The molecule has 9 heteroatoms. The minimum Gasteiger partial charge on any atom is -0.497 e. The first-order valence-electron chi connectivity index (χ1n) is 9.61. The van der Waals surface area contributed by atoms with Crippen LogP contribution in [0.4, 0.5) is 5.69 Å². The third kappa shape index (κ3) is 6.21. The highest BCUT2D eigenvalue weighted by Gasteiger charge is 2.23. The summed E-state index contributed by atoms with van der Waals surface area (Å²) in [4.78, 5) is 23.6. The van der Waals surface area contributed by atoms with Crippen LogP contribution in [0.25, 0.3) is 0 Å². The third-order valence-corrected chi connectivity index (χ3v) is 5.96. The molecule has 0 heterocycles. The summed E-state index contributed by atoms with van der Waals surface area (Å²) in [6.45, 7) is 7.05. The number of benzene rings is 2. The van der Waals surface area contributed by atoms with Gasteiger partial charge in [-0.15, -0.1) is 0 Å². The minimum absolute atomic E-state index is 0.0596. The average Bonchev–Trinajstić information content (AvgIpc) is 2.74. The number of allylic oxidation sites excluding steroid dienone is 1. The highest BCUT2D eigenvalue weighted by atomic mass is 32.2. The first-order valence-corrected chi connectivity index (χ1v) is 11.1. The zero-order valence-electron chi connectivity index (χ0n) is 18.4. The number of sulfonamides is 1. The molecule has 0 aliphatic rings. The first kappa shape index (κ1) is 24.7. The van der Waals surface area contributed by atoms with Crippen LogP contribution in [0.5, 0.6) is 5.75 Å². The van der Waals surface area contributed by atoms with Crippen molar-refractivity contribution in [3.63, 3.8) is 0 Å². The Morgan fingerprint density at radius 2 is 1.81 bits per heavy atom. The highest BCUT2D eigenvalue weighted by molar-refractivity contribution is 7.89. The molecule has 0 atom stereocenters. The van der Waals surface area contributed by atoms with Crippen molar-refractivity contribution >= 4 is 27.6 Å². The van der Waals surface area contributed by atoms with Crippen LogP contribution in [0.3, 0.4) is 0 Å². The quantitative estimate of drug-likeness (QED) is 0.441. The van der Waals surface area contributed by atoms with Gasteiger partial charge in [-0.3, -0.25) is 9.52 Å². The molecule has 170 valence electrons. The van der Waals surface area contributed by atoms with Crippen LogP contribution in [-0.4, -0.2) is 34.5 Å². The second-order valence-corrected chi connectivity index (χ2v) is 8.53. The van der Waals surface area contributed by atoms with Crippen LogP contribution in [0.2, 0.25) is 0 Å². The Labute approximate surface area is 188 Å². The number of anilines is 1. The Balaban J connectivity index is 2.52. The van der Waals surface area contributed by atoms with Gasteiger partial charge in [-0.25, -0.2) is 13.2 Å². The monoisotopic (exact) mass is 458 g/mol. The van der Waals surface area contributed by atoms with Crippen molar-refractivity contribution in [2.75, 3.05) is 19.5 Å². The molecule has 0 aliphatic carbocycles. The summed E-state index contributed by atoms with van der Waals surface area (Å²) in [6.07, 6.45) is 3.19. The summed E-state index contributed by atoms with van der Waals surface area (Å²) in [5.41, 5.74) is 2.19. The maximum Gasteiger partial charge on any atom is 0.354 e. The summed E-state index contributed by atoms with van der Waals surface area (Å²) >= 11 is 0. The fourth-order valence-electron chi connectivity index (χ4n) is 2.99. The van der Waals surface area contributed by atoms with Crippen LogP contribution >= 0.6 is 0 Å². The molecule has 0 fully saturated rings.